The largest absolute Gasteiger partial charge is 0.469 e. The molecule has 3 nitrogen and oxygen atoms in total. The molecular formula is C16H19NO2S. The fraction of sp³-hybridized carbons (Fsp3) is 0.312. The Morgan fingerprint density at radius 3 is 2.75 bits per heavy atom. The van der Waals surface area contributed by atoms with Crippen molar-refractivity contribution in [1.82, 2.24) is 5.32 Å². The summed E-state index contributed by atoms with van der Waals surface area (Å²) in [6.45, 7) is 1.99. The minimum Gasteiger partial charge on any atom is -0.469 e. The van der Waals surface area contributed by atoms with Crippen molar-refractivity contribution < 1.29 is 9.21 Å². The summed E-state index contributed by atoms with van der Waals surface area (Å²) in [5, 5.41) is 2.98. The smallest absolute Gasteiger partial charge is 0.230 e. The highest BCUT2D eigenvalue weighted by Gasteiger charge is 2.09. The van der Waals surface area contributed by atoms with Crippen LogP contribution in [0.25, 0.3) is 0 Å². The zero-order chi connectivity index (χ0) is 14.2. The molecule has 0 aliphatic rings. The zero-order valence-corrected chi connectivity index (χ0v) is 12.4. The van der Waals surface area contributed by atoms with E-state index in [1.54, 1.807) is 18.0 Å². The molecule has 0 radical (unpaired) electrons. The Morgan fingerprint density at radius 2 is 2.05 bits per heavy atom. The predicted molar refractivity (Wildman–Crippen MR) is 82.6 cm³/mol. The third-order valence-corrected chi connectivity index (χ3v) is 3.84. The van der Waals surface area contributed by atoms with E-state index in [4.69, 9.17) is 4.42 Å². The van der Waals surface area contributed by atoms with E-state index in [9.17, 15) is 4.79 Å². The third kappa shape index (κ3) is 5.13. The van der Waals surface area contributed by atoms with Crippen molar-refractivity contribution in [2.75, 3.05) is 5.75 Å². The molecule has 0 saturated heterocycles. The van der Waals surface area contributed by atoms with Gasteiger partial charge in [-0.1, -0.05) is 30.3 Å². The van der Waals surface area contributed by atoms with E-state index in [1.165, 1.54) is 5.56 Å². The SMILES string of the molecule is C[C@@H](Cc1ccco1)NC(=O)CSCc1ccccc1. The van der Waals surface area contributed by atoms with Crippen LogP contribution < -0.4 is 5.32 Å². The summed E-state index contributed by atoms with van der Waals surface area (Å²) in [5.41, 5.74) is 1.24. The number of rotatable bonds is 7. The Bertz CT molecular complexity index is 511. The fourth-order valence-electron chi connectivity index (χ4n) is 1.93. The molecule has 0 spiro atoms. The number of furan rings is 1. The van der Waals surface area contributed by atoms with E-state index in [0.29, 0.717) is 5.75 Å². The van der Waals surface area contributed by atoms with Crippen molar-refractivity contribution in [3.8, 4) is 0 Å². The first kappa shape index (κ1) is 14.7. The first-order valence-electron chi connectivity index (χ1n) is 6.67. The number of hydrogen-bond donors (Lipinski definition) is 1. The minimum absolute atomic E-state index is 0.0741. The highest BCUT2D eigenvalue weighted by atomic mass is 32.2. The van der Waals surface area contributed by atoms with Gasteiger partial charge < -0.3 is 9.73 Å². The van der Waals surface area contributed by atoms with Crippen LogP contribution in [0.5, 0.6) is 0 Å². The van der Waals surface area contributed by atoms with E-state index >= 15 is 0 Å². The van der Waals surface area contributed by atoms with Crippen LogP contribution in [-0.4, -0.2) is 17.7 Å². The molecule has 20 heavy (non-hydrogen) atoms. The molecule has 0 aliphatic carbocycles. The molecule has 0 aliphatic heterocycles. The lowest BCUT2D eigenvalue weighted by Crippen LogP contribution is -2.35. The summed E-state index contributed by atoms with van der Waals surface area (Å²) in [6.07, 6.45) is 2.38. The van der Waals surface area contributed by atoms with Crippen LogP contribution in [0.2, 0.25) is 0 Å². The highest BCUT2D eigenvalue weighted by molar-refractivity contribution is 7.99. The van der Waals surface area contributed by atoms with Gasteiger partial charge in [0.25, 0.3) is 0 Å². The molecule has 0 unspecified atom stereocenters. The van der Waals surface area contributed by atoms with Gasteiger partial charge in [-0.15, -0.1) is 11.8 Å². The van der Waals surface area contributed by atoms with Gasteiger partial charge in [0.1, 0.15) is 5.76 Å². The standard InChI is InChI=1S/C16H19NO2S/c1-13(10-15-8-5-9-19-15)17-16(18)12-20-11-14-6-3-2-4-7-14/h2-9,13H,10-12H2,1H3,(H,17,18)/t13-/m0/s1. The van der Waals surface area contributed by atoms with Gasteiger partial charge in [-0.05, 0) is 24.6 Å². The lowest BCUT2D eigenvalue weighted by Gasteiger charge is -2.12. The van der Waals surface area contributed by atoms with Crippen molar-refractivity contribution in [1.29, 1.82) is 0 Å². The molecule has 1 atom stereocenters. The zero-order valence-electron chi connectivity index (χ0n) is 11.5. The van der Waals surface area contributed by atoms with Crippen molar-refractivity contribution in [3.63, 3.8) is 0 Å². The second-order valence-corrected chi connectivity index (χ2v) is 5.72. The second kappa shape index (κ2) is 7.80. The molecule has 106 valence electrons. The number of nitrogens with one attached hydrogen (secondary N) is 1. The molecule has 1 amide bonds. The Morgan fingerprint density at radius 1 is 1.25 bits per heavy atom. The molecule has 1 heterocycles. The lowest BCUT2D eigenvalue weighted by atomic mass is 10.2. The Balaban J connectivity index is 1.65. The molecule has 1 N–H and O–H groups in total. The fourth-order valence-corrected chi connectivity index (χ4v) is 2.73. The first-order valence-corrected chi connectivity index (χ1v) is 7.83. The van der Waals surface area contributed by atoms with Crippen LogP contribution in [0.15, 0.2) is 53.1 Å². The maximum Gasteiger partial charge on any atom is 0.230 e. The van der Waals surface area contributed by atoms with Crippen molar-refractivity contribution in [3.05, 3.63) is 60.1 Å². The quantitative estimate of drug-likeness (QED) is 0.850. The summed E-state index contributed by atoms with van der Waals surface area (Å²) in [7, 11) is 0. The Hall–Kier alpha value is -1.68. The van der Waals surface area contributed by atoms with Gasteiger partial charge in [0.2, 0.25) is 5.91 Å². The van der Waals surface area contributed by atoms with Crippen molar-refractivity contribution in [2.24, 2.45) is 0 Å². The first-order chi connectivity index (χ1) is 9.74. The molecule has 2 aromatic rings. The predicted octanol–water partition coefficient (Wildman–Crippen LogP) is 3.26. The van der Waals surface area contributed by atoms with Crippen LogP contribution in [0, 0.1) is 0 Å². The third-order valence-electron chi connectivity index (χ3n) is 2.84. The number of amides is 1. The highest BCUT2D eigenvalue weighted by Crippen LogP contribution is 2.11. The molecular weight excluding hydrogens is 270 g/mol. The Kier molecular flexibility index (Phi) is 5.74. The van der Waals surface area contributed by atoms with Crippen LogP contribution >= 0.6 is 11.8 Å². The molecule has 0 bridgehead atoms. The Labute approximate surface area is 123 Å². The van der Waals surface area contributed by atoms with Crippen LogP contribution in [0.4, 0.5) is 0 Å². The summed E-state index contributed by atoms with van der Waals surface area (Å²) >= 11 is 1.63. The number of hydrogen-bond acceptors (Lipinski definition) is 3. The van der Waals surface area contributed by atoms with E-state index in [1.807, 2.05) is 37.3 Å². The number of thioether (sulfide) groups is 1. The summed E-state index contributed by atoms with van der Waals surface area (Å²) < 4.78 is 5.27. The molecule has 2 rings (SSSR count). The molecule has 1 aromatic carbocycles. The van der Waals surface area contributed by atoms with E-state index in [0.717, 1.165) is 17.9 Å². The summed E-state index contributed by atoms with van der Waals surface area (Å²) in [4.78, 5) is 11.8. The van der Waals surface area contributed by atoms with Gasteiger partial charge in [0, 0.05) is 18.2 Å². The van der Waals surface area contributed by atoms with E-state index < -0.39 is 0 Å². The normalized spacial score (nSPS) is 12.1. The maximum atomic E-state index is 11.8. The van der Waals surface area contributed by atoms with Crippen molar-refractivity contribution in [2.45, 2.75) is 25.1 Å². The van der Waals surface area contributed by atoms with Gasteiger partial charge in [0.15, 0.2) is 0 Å². The average molecular weight is 289 g/mol. The van der Waals surface area contributed by atoms with Crippen molar-refractivity contribution >= 4 is 17.7 Å². The van der Waals surface area contributed by atoms with Gasteiger partial charge in [-0.3, -0.25) is 4.79 Å². The van der Waals surface area contributed by atoms with E-state index in [2.05, 4.69) is 17.4 Å². The molecule has 0 fully saturated rings. The molecule has 1 aromatic heterocycles. The monoisotopic (exact) mass is 289 g/mol. The summed E-state index contributed by atoms with van der Waals surface area (Å²) in [6, 6.07) is 14.0. The van der Waals surface area contributed by atoms with E-state index in [-0.39, 0.29) is 11.9 Å². The van der Waals surface area contributed by atoms with Crippen LogP contribution in [0.1, 0.15) is 18.2 Å². The number of carbonyl (C=O) groups is 1. The number of benzene rings is 1. The minimum atomic E-state index is 0.0741. The summed E-state index contributed by atoms with van der Waals surface area (Å²) in [5.74, 6) is 2.32. The lowest BCUT2D eigenvalue weighted by molar-refractivity contribution is -0.119. The average Bonchev–Trinajstić information content (AvgIpc) is 2.92. The molecule has 0 saturated carbocycles. The second-order valence-electron chi connectivity index (χ2n) is 4.73. The van der Waals surface area contributed by atoms with Crippen LogP contribution in [0.3, 0.4) is 0 Å². The van der Waals surface area contributed by atoms with Crippen LogP contribution in [-0.2, 0) is 17.0 Å². The van der Waals surface area contributed by atoms with Gasteiger partial charge >= 0.3 is 0 Å². The topological polar surface area (TPSA) is 42.2 Å². The maximum absolute atomic E-state index is 11.8. The van der Waals surface area contributed by atoms with Gasteiger partial charge in [-0.25, -0.2) is 0 Å². The molecule has 4 heteroatoms. The van der Waals surface area contributed by atoms with Gasteiger partial charge in [0.05, 0.1) is 12.0 Å². The number of carbonyl (C=O) groups excluding carboxylic acids is 1. The van der Waals surface area contributed by atoms with Gasteiger partial charge in [-0.2, -0.15) is 0 Å².